The van der Waals surface area contributed by atoms with Gasteiger partial charge in [0.15, 0.2) is 0 Å². The van der Waals surface area contributed by atoms with Crippen LogP contribution >= 0.6 is 11.6 Å². The summed E-state index contributed by atoms with van der Waals surface area (Å²) >= 11 is 6.31. The summed E-state index contributed by atoms with van der Waals surface area (Å²) in [6, 6.07) is 5.96. The van der Waals surface area contributed by atoms with Crippen LogP contribution in [0.3, 0.4) is 0 Å². The first-order valence-electron chi connectivity index (χ1n) is 6.92. The third kappa shape index (κ3) is 3.93. The molecule has 2 rings (SSSR count). The van der Waals surface area contributed by atoms with Crippen LogP contribution in [0.4, 0.5) is 0 Å². The standard InChI is InChI=1S/C15H23ClN2O2/c1-15(2)10-18(8-13(9-19)20-15)7-12-4-3-11(6-17)5-14(12)16/h3-5,13,19H,6-10,17H2,1-2H3. The number of aliphatic hydroxyl groups excluding tert-OH is 1. The smallest absolute Gasteiger partial charge is 0.0940 e. The molecule has 4 nitrogen and oxygen atoms in total. The second kappa shape index (κ2) is 6.41. The van der Waals surface area contributed by atoms with E-state index in [4.69, 9.17) is 22.1 Å². The molecule has 0 amide bonds. The van der Waals surface area contributed by atoms with Gasteiger partial charge in [0, 0.05) is 31.2 Å². The van der Waals surface area contributed by atoms with Gasteiger partial charge in [0.25, 0.3) is 0 Å². The van der Waals surface area contributed by atoms with E-state index >= 15 is 0 Å². The highest BCUT2D eigenvalue weighted by Gasteiger charge is 2.33. The van der Waals surface area contributed by atoms with Crippen molar-refractivity contribution in [3.05, 3.63) is 34.3 Å². The molecule has 20 heavy (non-hydrogen) atoms. The van der Waals surface area contributed by atoms with Crippen molar-refractivity contribution in [3.8, 4) is 0 Å². The zero-order chi connectivity index (χ0) is 14.8. The van der Waals surface area contributed by atoms with Gasteiger partial charge < -0.3 is 15.6 Å². The summed E-state index contributed by atoms with van der Waals surface area (Å²) < 4.78 is 5.82. The number of nitrogens with zero attached hydrogens (tertiary/aromatic N) is 1. The highest BCUT2D eigenvalue weighted by Crippen LogP contribution is 2.25. The molecule has 1 aliphatic rings. The SMILES string of the molecule is CC1(C)CN(Cc2ccc(CN)cc2Cl)CC(CO)O1. The van der Waals surface area contributed by atoms with Gasteiger partial charge in [-0.3, -0.25) is 4.90 Å². The lowest BCUT2D eigenvalue weighted by Gasteiger charge is -2.42. The predicted molar refractivity (Wildman–Crippen MR) is 80.7 cm³/mol. The molecular formula is C15H23ClN2O2. The van der Waals surface area contributed by atoms with Crippen molar-refractivity contribution in [2.24, 2.45) is 5.73 Å². The number of ether oxygens (including phenoxy) is 1. The maximum atomic E-state index is 9.34. The van der Waals surface area contributed by atoms with E-state index in [1.807, 2.05) is 32.0 Å². The van der Waals surface area contributed by atoms with Gasteiger partial charge in [-0.1, -0.05) is 23.7 Å². The number of halogens is 1. The van der Waals surface area contributed by atoms with Crippen molar-refractivity contribution in [2.75, 3.05) is 19.7 Å². The summed E-state index contributed by atoms with van der Waals surface area (Å²) in [5, 5.41) is 10.1. The molecule has 0 spiro atoms. The van der Waals surface area contributed by atoms with Gasteiger partial charge >= 0.3 is 0 Å². The Morgan fingerprint density at radius 3 is 2.85 bits per heavy atom. The molecule has 0 bridgehead atoms. The Labute approximate surface area is 125 Å². The quantitative estimate of drug-likeness (QED) is 0.889. The number of hydrogen-bond donors (Lipinski definition) is 2. The Balaban J connectivity index is 2.09. The Morgan fingerprint density at radius 2 is 2.25 bits per heavy atom. The largest absolute Gasteiger partial charge is 0.394 e. The van der Waals surface area contributed by atoms with Crippen molar-refractivity contribution in [3.63, 3.8) is 0 Å². The number of rotatable bonds is 4. The number of morpholine rings is 1. The molecule has 5 heteroatoms. The van der Waals surface area contributed by atoms with Crippen LogP contribution in [0, 0.1) is 0 Å². The molecule has 1 heterocycles. The monoisotopic (exact) mass is 298 g/mol. The van der Waals surface area contributed by atoms with Gasteiger partial charge in [-0.15, -0.1) is 0 Å². The Morgan fingerprint density at radius 1 is 1.50 bits per heavy atom. The molecule has 0 saturated carbocycles. The number of aliphatic hydroxyl groups is 1. The molecule has 0 aromatic heterocycles. The average Bonchev–Trinajstić information content (AvgIpc) is 2.39. The van der Waals surface area contributed by atoms with Crippen LogP contribution in [0.15, 0.2) is 18.2 Å². The van der Waals surface area contributed by atoms with Gasteiger partial charge in [0.1, 0.15) is 0 Å². The van der Waals surface area contributed by atoms with Crippen LogP contribution in [0.25, 0.3) is 0 Å². The summed E-state index contributed by atoms with van der Waals surface area (Å²) in [6.45, 7) is 6.92. The lowest BCUT2D eigenvalue weighted by molar-refractivity contribution is -0.150. The number of hydrogen-bond acceptors (Lipinski definition) is 4. The van der Waals surface area contributed by atoms with Crippen LogP contribution in [-0.4, -0.2) is 41.4 Å². The molecule has 1 aromatic rings. The third-order valence-corrected chi connectivity index (χ3v) is 3.85. The fraction of sp³-hybridized carbons (Fsp3) is 0.600. The minimum Gasteiger partial charge on any atom is -0.394 e. The maximum Gasteiger partial charge on any atom is 0.0940 e. The predicted octanol–water partition coefficient (Wildman–Crippen LogP) is 1.77. The molecule has 1 aliphatic heterocycles. The summed E-state index contributed by atoms with van der Waals surface area (Å²) in [4.78, 5) is 2.27. The molecule has 0 aliphatic carbocycles. The summed E-state index contributed by atoms with van der Waals surface area (Å²) in [5.74, 6) is 0. The van der Waals surface area contributed by atoms with Crippen LogP contribution in [0.5, 0.6) is 0 Å². The molecular weight excluding hydrogens is 276 g/mol. The molecule has 0 radical (unpaired) electrons. The van der Waals surface area contributed by atoms with E-state index in [0.29, 0.717) is 6.54 Å². The molecule has 3 N–H and O–H groups in total. The number of benzene rings is 1. The highest BCUT2D eigenvalue weighted by atomic mass is 35.5. The summed E-state index contributed by atoms with van der Waals surface area (Å²) in [6.07, 6.45) is -0.138. The van der Waals surface area contributed by atoms with Crippen LogP contribution in [0.1, 0.15) is 25.0 Å². The first kappa shape index (κ1) is 15.7. The van der Waals surface area contributed by atoms with E-state index < -0.39 is 0 Å². The summed E-state index contributed by atoms with van der Waals surface area (Å²) in [5.41, 5.74) is 7.47. The molecule has 1 saturated heterocycles. The van der Waals surface area contributed by atoms with Gasteiger partial charge in [-0.05, 0) is 31.0 Å². The number of nitrogens with two attached hydrogens (primary N) is 1. The van der Waals surface area contributed by atoms with Crippen molar-refractivity contribution in [1.82, 2.24) is 4.90 Å². The van der Waals surface area contributed by atoms with Gasteiger partial charge in [-0.25, -0.2) is 0 Å². The van der Waals surface area contributed by atoms with Crippen LogP contribution in [-0.2, 0) is 17.8 Å². The third-order valence-electron chi connectivity index (χ3n) is 3.50. The van der Waals surface area contributed by atoms with Crippen molar-refractivity contribution in [2.45, 2.75) is 38.6 Å². The van der Waals surface area contributed by atoms with E-state index in [1.165, 1.54) is 0 Å². The average molecular weight is 299 g/mol. The second-order valence-electron chi connectivity index (χ2n) is 5.98. The van der Waals surface area contributed by atoms with E-state index in [1.54, 1.807) is 0 Å². The van der Waals surface area contributed by atoms with Gasteiger partial charge in [-0.2, -0.15) is 0 Å². The second-order valence-corrected chi connectivity index (χ2v) is 6.39. The zero-order valence-corrected chi connectivity index (χ0v) is 12.9. The van der Waals surface area contributed by atoms with Crippen molar-refractivity contribution < 1.29 is 9.84 Å². The molecule has 1 unspecified atom stereocenters. The first-order chi connectivity index (χ1) is 9.43. The lowest BCUT2D eigenvalue weighted by atomic mass is 10.0. The molecule has 1 atom stereocenters. The lowest BCUT2D eigenvalue weighted by Crippen LogP contribution is -2.53. The first-order valence-corrected chi connectivity index (χ1v) is 7.30. The van der Waals surface area contributed by atoms with E-state index in [9.17, 15) is 5.11 Å². The van der Waals surface area contributed by atoms with E-state index in [-0.39, 0.29) is 18.3 Å². The fourth-order valence-electron chi connectivity index (χ4n) is 2.72. The normalized spacial score (nSPS) is 22.9. The molecule has 1 aromatic carbocycles. The Kier molecular flexibility index (Phi) is 5.04. The van der Waals surface area contributed by atoms with Crippen LogP contribution in [0.2, 0.25) is 5.02 Å². The van der Waals surface area contributed by atoms with Crippen molar-refractivity contribution >= 4 is 11.6 Å². The Hall–Kier alpha value is -0.650. The van der Waals surface area contributed by atoms with Gasteiger partial charge in [0.05, 0.1) is 18.3 Å². The van der Waals surface area contributed by atoms with E-state index in [0.717, 1.165) is 35.8 Å². The zero-order valence-electron chi connectivity index (χ0n) is 12.1. The molecule has 112 valence electrons. The minimum atomic E-state index is -0.255. The highest BCUT2D eigenvalue weighted by molar-refractivity contribution is 6.31. The minimum absolute atomic E-state index is 0.0414. The van der Waals surface area contributed by atoms with E-state index in [2.05, 4.69) is 4.90 Å². The maximum absolute atomic E-state index is 9.34. The van der Waals surface area contributed by atoms with Gasteiger partial charge in [0.2, 0.25) is 0 Å². The van der Waals surface area contributed by atoms with Crippen molar-refractivity contribution in [1.29, 1.82) is 0 Å². The fourth-order valence-corrected chi connectivity index (χ4v) is 2.98. The molecule has 1 fully saturated rings. The summed E-state index contributed by atoms with van der Waals surface area (Å²) in [7, 11) is 0. The Bertz CT molecular complexity index is 465. The van der Waals surface area contributed by atoms with Crippen LogP contribution < -0.4 is 5.73 Å². The topological polar surface area (TPSA) is 58.7 Å².